The Labute approximate surface area is 220 Å². The van der Waals surface area contributed by atoms with Gasteiger partial charge < -0.3 is 5.11 Å². The number of hydrogen-bond acceptors (Lipinski definition) is 6. The number of rotatable bonds is 5. The van der Waals surface area contributed by atoms with Crippen LogP contribution in [0.1, 0.15) is 18.0 Å². The number of halogens is 8. The molecule has 1 aliphatic heterocycles. The van der Waals surface area contributed by atoms with Gasteiger partial charge in [-0.05, 0) is 51.4 Å². The summed E-state index contributed by atoms with van der Waals surface area (Å²) >= 11 is 0. The van der Waals surface area contributed by atoms with E-state index in [-0.39, 0.29) is 5.56 Å². The number of tetrazole rings is 1. The number of hydrazone groups is 1. The van der Waals surface area contributed by atoms with Crippen molar-refractivity contribution in [3.8, 4) is 16.8 Å². The molecule has 0 fully saturated rings. The number of nitrogens with zero attached hydrogens (tertiary/aromatic N) is 6. The second-order valence-corrected chi connectivity index (χ2v) is 8.84. The minimum atomic E-state index is -6.18. The smallest absolute Gasteiger partial charge is 0.369 e. The van der Waals surface area contributed by atoms with Gasteiger partial charge in [-0.2, -0.15) is 31.4 Å². The largest absolute Gasteiger partial charge is 0.431 e. The monoisotopic (exact) mass is 568 g/mol. The van der Waals surface area contributed by atoms with Crippen LogP contribution in [0, 0.1) is 11.6 Å². The first-order chi connectivity index (χ1) is 18.8. The zero-order valence-corrected chi connectivity index (χ0v) is 19.9. The normalized spacial score (nSPS) is 16.4. The molecular weight excluding hydrogens is 552 g/mol. The third-order valence-corrected chi connectivity index (χ3v) is 6.41. The molecule has 1 N–H and O–H groups in total. The molecule has 0 bridgehead atoms. The van der Waals surface area contributed by atoms with Gasteiger partial charge in [-0.1, -0.05) is 36.4 Å². The highest BCUT2D eigenvalue weighted by Gasteiger charge is 2.74. The van der Waals surface area contributed by atoms with Crippen LogP contribution in [0.3, 0.4) is 0 Å². The number of aliphatic hydroxyl groups is 1. The van der Waals surface area contributed by atoms with Gasteiger partial charge in [0.1, 0.15) is 12.1 Å². The minimum absolute atomic E-state index is 0.170. The molecule has 0 radical (unpaired) electrons. The molecule has 0 saturated heterocycles. The van der Waals surface area contributed by atoms with Crippen LogP contribution >= 0.6 is 0 Å². The topological polar surface area (TPSA) is 79.4 Å². The lowest BCUT2D eigenvalue weighted by Crippen LogP contribution is -2.62. The van der Waals surface area contributed by atoms with Gasteiger partial charge in [0.2, 0.25) is 0 Å². The first-order valence-electron chi connectivity index (χ1n) is 11.4. The maximum Gasteiger partial charge on any atom is 0.431 e. The van der Waals surface area contributed by atoms with Gasteiger partial charge in [0.15, 0.2) is 5.82 Å². The molecule has 15 heteroatoms. The number of alkyl halides is 6. The van der Waals surface area contributed by atoms with E-state index in [0.29, 0.717) is 22.3 Å². The summed E-state index contributed by atoms with van der Waals surface area (Å²) in [7, 11) is 0. The Morgan fingerprint density at radius 2 is 1.40 bits per heavy atom. The molecule has 1 aliphatic rings. The Kier molecular flexibility index (Phi) is 6.56. The maximum atomic E-state index is 14.6. The third-order valence-electron chi connectivity index (χ3n) is 6.41. The number of hydrogen-bond donors (Lipinski definition) is 1. The van der Waals surface area contributed by atoms with E-state index in [0.717, 1.165) is 17.7 Å². The van der Waals surface area contributed by atoms with Gasteiger partial charge in [-0.3, -0.25) is 5.01 Å². The summed E-state index contributed by atoms with van der Waals surface area (Å²) in [5.41, 5.74) is -5.34. The highest BCUT2D eigenvalue weighted by molar-refractivity contribution is 5.97. The highest BCUT2D eigenvalue weighted by atomic mass is 19.4. The Bertz CT molecular complexity index is 1520. The molecule has 7 nitrogen and oxygen atoms in total. The van der Waals surface area contributed by atoms with Gasteiger partial charge in [0.05, 0.1) is 23.1 Å². The SMILES string of the molecule is OC(C1=NN(c2ccc(F)cc2F)C(c2ccc(-c3ccc(-n4cnnn4)cc3)cc2)C1)(C(F)(F)F)C(F)(F)F. The van der Waals surface area contributed by atoms with Crippen molar-refractivity contribution in [1.82, 2.24) is 20.2 Å². The quantitative estimate of drug-likeness (QED) is 0.310. The highest BCUT2D eigenvalue weighted by Crippen LogP contribution is 2.49. The molecule has 208 valence electrons. The molecule has 2 heterocycles. The summed E-state index contributed by atoms with van der Waals surface area (Å²) < 4.78 is 111. The Morgan fingerprint density at radius 3 is 1.93 bits per heavy atom. The lowest BCUT2D eigenvalue weighted by Gasteiger charge is -2.32. The fraction of sp³-hybridized carbons (Fsp3) is 0.200. The van der Waals surface area contributed by atoms with Crippen LogP contribution in [-0.4, -0.2) is 49.0 Å². The lowest BCUT2D eigenvalue weighted by molar-refractivity contribution is -0.338. The minimum Gasteiger partial charge on any atom is -0.369 e. The number of benzene rings is 3. The van der Waals surface area contributed by atoms with Gasteiger partial charge in [0.25, 0.3) is 5.60 Å². The first kappa shape index (κ1) is 27.2. The van der Waals surface area contributed by atoms with Crippen LogP contribution in [-0.2, 0) is 0 Å². The van der Waals surface area contributed by atoms with E-state index in [9.17, 15) is 40.2 Å². The van der Waals surface area contributed by atoms with Crippen LogP contribution in [0.4, 0.5) is 40.8 Å². The Morgan fingerprint density at radius 1 is 0.800 bits per heavy atom. The van der Waals surface area contributed by atoms with Crippen LogP contribution in [0.5, 0.6) is 0 Å². The van der Waals surface area contributed by atoms with Crippen molar-refractivity contribution in [3.05, 3.63) is 90.3 Å². The Hall–Kier alpha value is -4.40. The summed E-state index contributed by atoms with van der Waals surface area (Å²) in [5.74, 6) is -2.28. The van der Waals surface area contributed by atoms with Gasteiger partial charge in [0, 0.05) is 12.5 Å². The molecule has 1 aromatic heterocycles. The molecule has 0 saturated carbocycles. The fourth-order valence-corrected chi connectivity index (χ4v) is 4.35. The van der Waals surface area contributed by atoms with Crippen LogP contribution < -0.4 is 5.01 Å². The predicted octanol–water partition coefficient (Wildman–Crippen LogP) is 5.77. The van der Waals surface area contributed by atoms with Gasteiger partial charge >= 0.3 is 12.4 Å². The van der Waals surface area contributed by atoms with Crippen molar-refractivity contribution in [2.24, 2.45) is 5.10 Å². The number of aromatic nitrogens is 4. The van der Waals surface area contributed by atoms with Crippen LogP contribution in [0.15, 0.2) is 78.2 Å². The standard InChI is InChI=1S/C25H16F8N6O/c26-17-7-10-20(19(27)11-17)39-21(12-22(35-39)23(40,24(28,29)30)25(31,32)33)16-3-1-14(2-4-16)15-5-8-18(9-6-15)38-13-34-36-37-38/h1-11,13,21,40H,12H2. The van der Waals surface area contributed by atoms with E-state index in [2.05, 4.69) is 20.6 Å². The van der Waals surface area contributed by atoms with E-state index in [1.807, 2.05) is 0 Å². The molecule has 0 amide bonds. The van der Waals surface area contributed by atoms with Gasteiger partial charge in [-0.15, -0.1) is 5.10 Å². The van der Waals surface area contributed by atoms with Crippen molar-refractivity contribution in [3.63, 3.8) is 0 Å². The summed E-state index contributed by atoms with van der Waals surface area (Å²) in [6.45, 7) is 0. The molecule has 1 atom stereocenters. The van der Waals surface area contributed by atoms with Crippen molar-refractivity contribution >= 4 is 11.4 Å². The molecule has 5 rings (SSSR count). The maximum absolute atomic E-state index is 14.6. The molecular formula is C25H16F8N6O. The van der Waals surface area contributed by atoms with E-state index in [1.165, 1.54) is 23.1 Å². The van der Waals surface area contributed by atoms with E-state index >= 15 is 0 Å². The van der Waals surface area contributed by atoms with Crippen molar-refractivity contribution < 1.29 is 40.2 Å². The molecule has 0 aliphatic carbocycles. The second-order valence-electron chi connectivity index (χ2n) is 8.84. The van der Waals surface area contributed by atoms with Gasteiger partial charge in [-0.25, -0.2) is 13.5 Å². The van der Waals surface area contributed by atoms with Crippen LogP contribution in [0.25, 0.3) is 16.8 Å². The zero-order valence-electron chi connectivity index (χ0n) is 19.9. The van der Waals surface area contributed by atoms with E-state index < -0.39 is 53.4 Å². The lowest BCUT2D eigenvalue weighted by atomic mass is 9.89. The molecule has 0 spiro atoms. The average Bonchev–Trinajstić information content (AvgIpc) is 3.58. The summed E-state index contributed by atoms with van der Waals surface area (Å²) in [4.78, 5) is 0. The van der Waals surface area contributed by atoms with Crippen molar-refractivity contribution in [1.29, 1.82) is 0 Å². The fourth-order valence-electron chi connectivity index (χ4n) is 4.35. The van der Waals surface area contributed by atoms with E-state index in [1.54, 1.807) is 36.4 Å². The second kappa shape index (κ2) is 9.66. The molecule has 1 unspecified atom stereocenters. The molecule has 40 heavy (non-hydrogen) atoms. The van der Waals surface area contributed by atoms with E-state index in [4.69, 9.17) is 0 Å². The predicted molar refractivity (Wildman–Crippen MR) is 125 cm³/mol. The zero-order chi connectivity index (χ0) is 28.9. The van der Waals surface area contributed by atoms with Crippen molar-refractivity contribution in [2.75, 3.05) is 5.01 Å². The summed E-state index contributed by atoms with van der Waals surface area (Å²) in [5, 5.41) is 24.8. The summed E-state index contributed by atoms with van der Waals surface area (Å²) in [6, 6.07) is 13.6. The molecule has 4 aromatic rings. The third kappa shape index (κ3) is 4.65. The average molecular weight is 568 g/mol. The number of anilines is 1. The van der Waals surface area contributed by atoms with Crippen LogP contribution in [0.2, 0.25) is 0 Å². The summed E-state index contributed by atoms with van der Waals surface area (Å²) in [6.07, 6.45) is -12.0. The molecule has 3 aromatic carbocycles. The Balaban J connectivity index is 1.51. The van der Waals surface area contributed by atoms with Crippen molar-refractivity contribution in [2.45, 2.75) is 30.4 Å². The first-order valence-corrected chi connectivity index (χ1v) is 11.4.